The summed E-state index contributed by atoms with van der Waals surface area (Å²) < 4.78 is 0. The highest BCUT2D eigenvalue weighted by molar-refractivity contribution is 5.82. The Labute approximate surface area is 54.7 Å². The molecule has 0 radical (unpaired) electrons. The van der Waals surface area contributed by atoms with Crippen LogP contribution >= 0.6 is 0 Å². The fourth-order valence-electron chi connectivity index (χ4n) is 1.23. The fourth-order valence-corrected chi connectivity index (χ4v) is 1.23. The first-order valence-corrected chi connectivity index (χ1v) is 3.01. The highest BCUT2D eigenvalue weighted by Crippen LogP contribution is 2.43. The van der Waals surface area contributed by atoms with Gasteiger partial charge in [-0.05, 0) is 12.8 Å². The Morgan fingerprint density at radius 2 is 2.22 bits per heavy atom. The molecule has 1 aliphatic carbocycles. The molecule has 0 unspecified atom stereocenters. The SMILES string of the molecule is C=C1CC(C)(C(N)=O)C1. The number of primary amides is 1. The molecule has 0 aromatic rings. The predicted molar refractivity (Wildman–Crippen MR) is 35.7 cm³/mol. The van der Waals surface area contributed by atoms with Gasteiger partial charge in [-0.25, -0.2) is 0 Å². The topological polar surface area (TPSA) is 43.1 Å². The van der Waals surface area contributed by atoms with Crippen molar-refractivity contribution in [3.63, 3.8) is 0 Å². The van der Waals surface area contributed by atoms with Crippen molar-refractivity contribution in [1.29, 1.82) is 0 Å². The molecule has 2 heteroatoms. The second kappa shape index (κ2) is 1.59. The average Bonchev–Trinajstić information content (AvgIpc) is 1.62. The van der Waals surface area contributed by atoms with Gasteiger partial charge in [0.05, 0.1) is 5.41 Å². The molecule has 2 nitrogen and oxygen atoms in total. The first-order valence-electron chi connectivity index (χ1n) is 3.01. The number of rotatable bonds is 1. The number of allylic oxidation sites excluding steroid dienone is 1. The van der Waals surface area contributed by atoms with Gasteiger partial charge in [0.15, 0.2) is 0 Å². The third kappa shape index (κ3) is 0.846. The summed E-state index contributed by atoms with van der Waals surface area (Å²) in [5.74, 6) is -0.199. The lowest BCUT2D eigenvalue weighted by Crippen LogP contribution is -2.41. The van der Waals surface area contributed by atoms with Crippen LogP contribution < -0.4 is 5.73 Å². The lowest BCUT2D eigenvalue weighted by atomic mass is 9.67. The summed E-state index contributed by atoms with van der Waals surface area (Å²) in [7, 11) is 0. The predicted octanol–water partition coefficient (Wildman–Crippen LogP) is 0.828. The van der Waals surface area contributed by atoms with Gasteiger partial charge in [-0.3, -0.25) is 4.79 Å². The Balaban J connectivity index is 2.60. The maximum atomic E-state index is 10.6. The molecule has 9 heavy (non-hydrogen) atoms. The van der Waals surface area contributed by atoms with Crippen LogP contribution in [0.5, 0.6) is 0 Å². The van der Waals surface area contributed by atoms with Crippen molar-refractivity contribution >= 4 is 5.91 Å². The Morgan fingerprint density at radius 1 is 1.78 bits per heavy atom. The summed E-state index contributed by atoms with van der Waals surface area (Å²) >= 11 is 0. The number of carbonyl (C=O) groups excluding carboxylic acids is 1. The van der Waals surface area contributed by atoms with Gasteiger partial charge in [0.25, 0.3) is 0 Å². The molecule has 0 aromatic carbocycles. The molecule has 1 fully saturated rings. The van der Waals surface area contributed by atoms with Crippen LogP contribution in [0, 0.1) is 5.41 Å². The number of amides is 1. The number of hydrogen-bond donors (Lipinski definition) is 1. The van der Waals surface area contributed by atoms with E-state index in [4.69, 9.17) is 5.73 Å². The van der Waals surface area contributed by atoms with Crippen molar-refractivity contribution in [3.05, 3.63) is 12.2 Å². The molecule has 0 aromatic heterocycles. The molecule has 0 heterocycles. The molecular weight excluding hydrogens is 114 g/mol. The van der Waals surface area contributed by atoms with Crippen LogP contribution in [0.3, 0.4) is 0 Å². The molecule has 1 amide bonds. The molecule has 2 N–H and O–H groups in total. The smallest absolute Gasteiger partial charge is 0.224 e. The van der Waals surface area contributed by atoms with E-state index in [-0.39, 0.29) is 11.3 Å². The normalized spacial score (nSPS) is 23.0. The average molecular weight is 125 g/mol. The third-order valence-electron chi connectivity index (χ3n) is 1.88. The minimum atomic E-state index is -0.267. The molecule has 0 spiro atoms. The van der Waals surface area contributed by atoms with E-state index < -0.39 is 0 Å². The molecule has 50 valence electrons. The minimum absolute atomic E-state index is 0.199. The molecule has 1 aliphatic rings. The number of nitrogens with two attached hydrogens (primary N) is 1. The standard InChI is InChI=1S/C7H11NO/c1-5-3-7(2,4-5)6(8)9/h1,3-4H2,2H3,(H2,8,9). The van der Waals surface area contributed by atoms with Crippen LogP contribution in [-0.2, 0) is 4.79 Å². The molecule has 0 aliphatic heterocycles. The quantitative estimate of drug-likeness (QED) is 0.518. The van der Waals surface area contributed by atoms with Crippen molar-refractivity contribution in [2.24, 2.45) is 11.1 Å². The molecule has 1 saturated carbocycles. The van der Waals surface area contributed by atoms with Gasteiger partial charge >= 0.3 is 0 Å². The summed E-state index contributed by atoms with van der Waals surface area (Å²) in [4.78, 5) is 10.6. The maximum absolute atomic E-state index is 10.6. The van der Waals surface area contributed by atoms with Crippen LogP contribution in [0.4, 0.5) is 0 Å². The highest BCUT2D eigenvalue weighted by Gasteiger charge is 2.39. The van der Waals surface area contributed by atoms with Crippen molar-refractivity contribution < 1.29 is 4.79 Å². The largest absolute Gasteiger partial charge is 0.369 e. The van der Waals surface area contributed by atoms with Gasteiger partial charge in [-0.2, -0.15) is 0 Å². The number of carbonyl (C=O) groups is 1. The fraction of sp³-hybridized carbons (Fsp3) is 0.571. The summed E-state index contributed by atoms with van der Waals surface area (Å²) in [5, 5.41) is 0. The van der Waals surface area contributed by atoms with E-state index in [1.165, 1.54) is 0 Å². The van der Waals surface area contributed by atoms with Crippen LogP contribution in [0.1, 0.15) is 19.8 Å². The third-order valence-corrected chi connectivity index (χ3v) is 1.88. The summed E-state index contributed by atoms with van der Waals surface area (Å²) in [5.41, 5.74) is 5.98. The van der Waals surface area contributed by atoms with E-state index in [0.717, 1.165) is 18.4 Å². The Morgan fingerprint density at radius 3 is 2.33 bits per heavy atom. The van der Waals surface area contributed by atoms with Crippen molar-refractivity contribution in [2.75, 3.05) is 0 Å². The Hall–Kier alpha value is -0.790. The van der Waals surface area contributed by atoms with Crippen LogP contribution in [0.2, 0.25) is 0 Å². The summed E-state index contributed by atoms with van der Waals surface area (Å²) in [6.45, 7) is 5.61. The van der Waals surface area contributed by atoms with Gasteiger partial charge in [0.2, 0.25) is 5.91 Å². The molecule has 0 bridgehead atoms. The van der Waals surface area contributed by atoms with E-state index >= 15 is 0 Å². The van der Waals surface area contributed by atoms with Crippen LogP contribution in [0.15, 0.2) is 12.2 Å². The first-order chi connectivity index (χ1) is 4.04. The Kier molecular flexibility index (Phi) is 1.12. The first kappa shape index (κ1) is 6.33. The van der Waals surface area contributed by atoms with Gasteiger partial charge in [-0.15, -0.1) is 0 Å². The maximum Gasteiger partial charge on any atom is 0.224 e. The van der Waals surface area contributed by atoms with Crippen LogP contribution in [0.25, 0.3) is 0 Å². The monoisotopic (exact) mass is 125 g/mol. The van der Waals surface area contributed by atoms with E-state index in [0.29, 0.717) is 0 Å². The molecular formula is C7H11NO. The zero-order chi connectivity index (χ0) is 7.07. The van der Waals surface area contributed by atoms with E-state index in [1.54, 1.807) is 0 Å². The highest BCUT2D eigenvalue weighted by atomic mass is 16.1. The van der Waals surface area contributed by atoms with Crippen LogP contribution in [-0.4, -0.2) is 5.91 Å². The second-order valence-corrected chi connectivity index (χ2v) is 3.03. The Bertz CT molecular complexity index is 164. The number of hydrogen-bond acceptors (Lipinski definition) is 1. The van der Waals surface area contributed by atoms with Gasteiger partial charge in [0.1, 0.15) is 0 Å². The van der Waals surface area contributed by atoms with Crippen molar-refractivity contribution in [1.82, 2.24) is 0 Å². The van der Waals surface area contributed by atoms with Gasteiger partial charge < -0.3 is 5.73 Å². The summed E-state index contributed by atoms with van der Waals surface area (Å²) in [6, 6.07) is 0. The summed E-state index contributed by atoms with van der Waals surface area (Å²) in [6.07, 6.45) is 1.56. The second-order valence-electron chi connectivity index (χ2n) is 3.03. The molecule has 1 rings (SSSR count). The molecule has 0 saturated heterocycles. The van der Waals surface area contributed by atoms with Crippen molar-refractivity contribution in [2.45, 2.75) is 19.8 Å². The van der Waals surface area contributed by atoms with E-state index in [9.17, 15) is 4.79 Å². The zero-order valence-electron chi connectivity index (χ0n) is 5.61. The van der Waals surface area contributed by atoms with Gasteiger partial charge in [-0.1, -0.05) is 19.1 Å². The van der Waals surface area contributed by atoms with E-state index in [1.807, 2.05) is 6.92 Å². The van der Waals surface area contributed by atoms with Crippen molar-refractivity contribution in [3.8, 4) is 0 Å². The van der Waals surface area contributed by atoms with Gasteiger partial charge in [0, 0.05) is 0 Å². The molecule has 0 atom stereocenters. The lowest BCUT2D eigenvalue weighted by molar-refractivity contribution is -0.128. The zero-order valence-corrected chi connectivity index (χ0v) is 5.61. The lowest BCUT2D eigenvalue weighted by Gasteiger charge is -2.36. The minimum Gasteiger partial charge on any atom is -0.369 e. The van der Waals surface area contributed by atoms with E-state index in [2.05, 4.69) is 6.58 Å².